The van der Waals surface area contributed by atoms with Crippen LogP contribution in [0, 0.1) is 30.1 Å². The zero-order valence-corrected chi connectivity index (χ0v) is 23.5. The second-order valence-electron chi connectivity index (χ2n) is 12.2. The highest BCUT2D eigenvalue weighted by atomic mass is 32.1. The van der Waals surface area contributed by atoms with Gasteiger partial charge >= 0.3 is 6.18 Å². The Morgan fingerprint density at radius 3 is 2.59 bits per heavy atom. The van der Waals surface area contributed by atoms with Gasteiger partial charge in [0.2, 0.25) is 11.8 Å². The Morgan fingerprint density at radius 1 is 1.17 bits per heavy atom. The third kappa shape index (κ3) is 4.01. The summed E-state index contributed by atoms with van der Waals surface area (Å²) in [6, 6.07) is 4.44. The first kappa shape index (κ1) is 26.5. The SMILES string of the molecule is Cc1cc(C(F)(F)F)nc(-c2ccnc3cc(CN4C(=O)C5C(C4=O)C5(C)C)sc23)c1C(=O)N1C[C@H]2CCN[C@H]2C1. The Labute approximate surface area is 237 Å². The molecule has 6 heterocycles. The molecule has 1 N–H and O–H groups in total. The van der Waals surface area contributed by atoms with Gasteiger partial charge < -0.3 is 10.2 Å². The van der Waals surface area contributed by atoms with Gasteiger partial charge in [-0.25, -0.2) is 4.98 Å². The molecule has 3 aromatic heterocycles. The molecule has 4 atom stereocenters. The maximum Gasteiger partial charge on any atom is 0.433 e. The molecule has 214 valence electrons. The quantitative estimate of drug-likeness (QED) is 0.462. The van der Waals surface area contributed by atoms with Gasteiger partial charge in [-0.2, -0.15) is 13.2 Å². The first-order valence-electron chi connectivity index (χ1n) is 13.7. The van der Waals surface area contributed by atoms with Crippen molar-refractivity contribution in [1.29, 1.82) is 0 Å². The summed E-state index contributed by atoms with van der Waals surface area (Å²) in [5.41, 5.74) is -0.212. The summed E-state index contributed by atoms with van der Waals surface area (Å²) in [4.78, 5) is 51.7. The molecule has 3 saturated heterocycles. The smallest absolute Gasteiger partial charge is 0.337 e. The molecule has 0 spiro atoms. The number of pyridine rings is 2. The fourth-order valence-corrected chi connectivity index (χ4v) is 8.14. The number of hydrogen-bond acceptors (Lipinski definition) is 7. The number of rotatable bonds is 4. The maximum absolute atomic E-state index is 13.9. The number of nitrogens with one attached hydrogen (secondary N) is 1. The number of nitrogens with zero attached hydrogens (tertiary/aromatic N) is 4. The molecule has 1 saturated carbocycles. The first-order chi connectivity index (χ1) is 19.4. The Bertz CT molecular complexity index is 1610. The van der Waals surface area contributed by atoms with E-state index in [2.05, 4.69) is 15.3 Å². The standard InChI is InChI=1S/C29H28F3N5O3S/c1-13-8-19(29(30,31)32)35-23(20(13)25(38)36-10-14-4-6-34-18(14)12-36)16-5-7-33-17-9-15(41-24(16)17)11-37-26(39)21-22(27(37)40)28(21,2)3/h5,7-9,14,18,21-22,34H,4,6,10-12H2,1-3H3/t14-,18+,21?,22?/m1/s1. The number of piperidine rings is 1. The van der Waals surface area contributed by atoms with E-state index in [0.717, 1.165) is 19.0 Å². The molecule has 4 aliphatic rings. The van der Waals surface area contributed by atoms with Gasteiger partial charge in [-0.1, -0.05) is 13.8 Å². The fraction of sp³-hybridized carbons (Fsp3) is 0.483. The minimum atomic E-state index is -4.70. The number of aromatic nitrogens is 2. The summed E-state index contributed by atoms with van der Waals surface area (Å²) < 4.78 is 42.3. The molecule has 3 aromatic rings. The molecule has 4 fully saturated rings. The van der Waals surface area contributed by atoms with Crippen LogP contribution >= 0.6 is 11.3 Å². The van der Waals surface area contributed by atoms with Crippen LogP contribution in [0.2, 0.25) is 0 Å². The molecular weight excluding hydrogens is 555 g/mol. The lowest BCUT2D eigenvalue weighted by molar-refractivity contribution is -0.144. The van der Waals surface area contributed by atoms with Crippen LogP contribution < -0.4 is 5.32 Å². The van der Waals surface area contributed by atoms with E-state index >= 15 is 0 Å². The predicted octanol–water partition coefficient (Wildman–Crippen LogP) is 4.26. The van der Waals surface area contributed by atoms with Gasteiger partial charge in [0.1, 0.15) is 5.69 Å². The molecular formula is C29H28F3N5O3S. The highest BCUT2D eigenvalue weighted by molar-refractivity contribution is 7.19. The van der Waals surface area contributed by atoms with Crippen LogP contribution in [0.15, 0.2) is 24.4 Å². The molecule has 8 nitrogen and oxygen atoms in total. The van der Waals surface area contributed by atoms with Crippen LogP contribution in [0.25, 0.3) is 21.5 Å². The minimum Gasteiger partial charge on any atom is -0.337 e. The predicted molar refractivity (Wildman–Crippen MR) is 145 cm³/mol. The van der Waals surface area contributed by atoms with E-state index in [4.69, 9.17) is 0 Å². The zero-order valence-electron chi connectivity index (χ0n) is 22.7. The number of alkyl halides is 3. The molecule has 3 aliphatic heterocycles. The topological polar surface area (TPSA) is 95.5 Å². The monoisotopic (exact) mass is 583 g/mol. The lowest BCUT2D eigenvalue weighted by Gasteiger charge is -2.22. The number of fused-ring (bicyclic) bond motifs is 3. The van der Waals surface area contributed by atoms with E-state index in [1.54, 1.807) is 17.0 Å². The third-order valence-electron chi connectivity index (χ3n) is 9.29. The number of amides is 3. The summed E-state index contributed by atoms with van der Waals surface area (Å²) in [6.45, 7) is 7.35. The van der Waals surface area contributed by atoms with Crippen LogP contribution in [0.4, 0.5) is 13.2 Å². The molecule has 3 amide bonds. The molecule has 0 aromatic carbocycles. The van der Waals surface area contributed by atoms with Crippen molar-refractivity contribution in [2.75, 3.05) is 19.6 Å². The fourth-order valence-electron chi connectivity index (χ4n) is 7.02. The summed E-state index contributed by atoms with van der Waals surface area (Å²) in [6.07, 6.45) is -2.27. The van der Waals surface area contributed by atoms with Gasteiger partial charge in [0.25, 0.3) is 5.91 Å². The lowest BCUT2D eigenvalue weighted by atomic mass is 9.99. The summed E-state index contributed by atoms with van der Waals surface area (Å²) >= 11 is 1.25. The van der Waals surface area contributed by atoms with E-state index in [9.17, 15) is 27.6 Å². The molecule has 2 unspecified atom stereocenters. The number of imide groups is 1. The third-order valence-corrected chi connectivity index (χ3v) is 10.4. The van der Waals surface area contributed by atoms with Crippen LogP contribution in [-0.2, 0) is 22.3 Å². The van der Waals surface area contributed by atoms with E-state index < -0.39 is 11.9 Å². The Balaban J connectivity index is 1.29. The van der Waals surface area contributed by atoms with Crippen molar-refractivity contribution in [3.05, 3.63) is 46.1 Å². The number of likely N-dealkylation sites (tertiary alicyclic amines) is 2. The van der Waals surface area contributed by atoms with Crippen LogP contribution in [-0.4, -0.2) is 63.2 Å². The number of thiophene rings is 1. The molecule has 0 bridgehead atoms. The van der Waals surface area contributed by atoms with Crippen molar-refractivity contribution in [1.82, 2.24) is 25.1 Å². The number of hydrogen-bond donors (Lipinski definition) is 1. The number of aryl methyl sites for hydroxylation is 1. The summed E-state index contributed by atoms with van der Waals surface area (Å²) in [7, 11) is 0. The molecule has 0 radical (unpaired) electrons. The molecule has 1 aliphatic carbocycles. The van der Waals surface area contributed by atoms with E-state index in [0.29, 0.717) is 39.7 Å². The first-order valence-corrected chi connectivity index (χ1v) is 14.5. The number of carbonyl (C=O) groups excluding carboxylic acids is 3. The van der Waals surface area contributed by atoms with Crippen molar-refractivity contribution in [3.8, 4) is 11.3 Å². The van der Waals surface area contributed by atoms with Crippen molar-refractivity contribution < 1.29 is 27.6 Å². The average Bonchev–Trinajstić information content (AvgIpc) is 3.44. The Kier molecular flexibility index (Phi) is 5.70. The Hall–Kier alpha value is -3.38. The zero-order chi connectivity index (χ0) is 29.0. The molecule has 7 rings (SSSR count). The van der Waals surface area contributed by atoms with Crippen molar-refractivity contribution in [2.24, 2.45) is 23.2 Å². The summed E-state index contributed by atoms with van der Waals surface area (Å²) in [5, 5.41) is 3.40. The van der Waals surface area contributed by atoms with E-state index in [-0.39, 0.29) is 64.4 Å². The molecule has 12 heteroatoms. The lowest BCUT2D eigenvalue weighted by Crippen LogP contribution is -2.35. The maximum atomic E-state index is 13.9. The second-order valence-corrected chi connectivity index (χ2v) is 13.3. The molecule has 41 heavy (non-hydrogen) atoms. The van der Waals surface area contributed by atoms with Crippen molar-refractivity contribution in [2.45, 2.75) is 46.0 Å². The Morgan fingerprint density at radius 2 is 1.90 bits per heavy atom. The van der Waals surface area contributed by atoms with Gasteiger partial charge in [0, 0.05) is 35.8 Å². The number of carbonyl (C=O) groups is 3. The van der Waals surface area contributed by atoms with E-state index in [1.165, 1.54) is 29.4 Å². The highest BCUT2D eigenvalue weighted by Gasteiger charge is 2.72. The normalized spacial score (nSPS) is 26.7. The largest absolute Gasteiger partial charge is 0.433 e. The second kappa shape index (κ2) is 8.81. The van der Waals surface area contributed by atoms with Gasteiger partial charge in [0.15, 0.2) is 0 Å². The minimum absolute atomic E-state index is 0.0375. The van der Waals surface area contributed by atoms with Crippen LogP contribution in [0.1, 0.15) is 46.8 Å². The number of halogens is 3. The highest BCUT2D eigenvalue weighted by Crippen LogP contribution is 2.63. The van der Waals surface area contributed by atoms with Gasteiger partial charge in [-0.15, -0.1) is 11.3 Å². The van der Waals surface area contributed by atoms with Gasteiger partial charge in [-0.3, -0.25) is 24.3 Å². The van der Waals surface area contributed by atoms with Crippen molar-refractivity contribution in [3.63, 3.8) is 0 Å². The van der Waals surface area contributed by atoms with Gasteiger partial charge in [0.05, 0.1) is 39.9 Å². The van der Waals surface area contributed by atoms with Gasteiger partial charge in [-0.05, 0) is 55.0 Å². The van der Waals surface area contributed by atoms with Crippen molar-refractivity contribution >= 4 is 39.3 Å². The average molecular weight is 584 g/mol. The van der Waals surface area contributed by atoms with Crippen LogP contribution in [0.3, 0.4) is 0 Å². The van der Waals surface area contributed by atoms with E-state index in [1.807, 2.05) is 13.8 Å². The summed E-state index contributed by atoms with van der Waals surface area (Å²) in [5.74, 6) is -1.00. The van der Waals surface area contributed by atoms with Crippen LogP contribution in [0.5, 0.6) is 0 Å².